The van der Waals surface area contributed by atoms with Crippen molar-refractivity contribution in [3.05, 3.63) is 23.9 Å². The first-order valence-corrected chi connectivity index (χ1v) is 7.09. The molecule has 6 nitrogen and oxygen atoms in total. The van der Waals surface area contributed by atoms with Crippen LogP contribution >= 0.6 is 0 Å². The molecular formula is C13H15F2N5O. The molecule has 0 unspecified atom stereocenters. The summed E-state index contributed by atoms with van der Waals surface area (Å²) >= 11 is 0. The van der Waals surface area contributed by atoms with Gasteiger partial charge < -0.3 is 4.52 Å². The lowest BCUT2D eigenvalue weighted by Gasteiger charge is -2.15. The van der Waals surface area contributed by atoms with Gasteiger partial charge in [0.1, 0.15) is 12.2 Å². The van der Waals surface area contributed by atoms with Gasteiger partial charge in [-0.2, -0.15) is 10.1 Å². The van der Waals surface area contributed by atoms with E-state index in [4.69, 9.17) is 4.52 Å². The van der Waals surface area contributed by atoms with Gasteiger partial charge in [-0.05, 0) is 19.3 Å². The van der Waals surface area contributed by atoms with Gasteiger partial charge in [-0.15, -0.1) is 0 Å². The maximum Gasteiger partial charge on any atom is 0.254 e. The number of alkyl halides is 2. The fourth-order valence-electron chi connectivity index (χ4n) is 3.33. The molecule has 0 saturated heterocycles. The van der Waals surface area contributed by atoms with Crippen molar-refractivity contribution in [2.24, 2.45) is 18.9 Å². The van der Waals surface area contributed by atoms with Crippen LogP contribution in [0.1, 0.15) is 42.7 Å². The summed E-state index contributed by atoms with van der Waals surface area (Å²) in [6.45, 7) is 0. The molecule has 0 spiro atoms. The van der Waals surface area contributed by atoms with E-state index >= 15 is 0 Å². The molecule has 0 amide bonds. The highest BCUT2D eigenvalue weighted by atomic mass is 19.3. The summed E-state index contributed by atoms with van der Waals surface area (Å²) in [7, 11) is 1.79. The molecule has 2 aromatic rings. The molecule has 21 heavy (non-hydrogen) atoms. The topological polar surface area (TPSA) is 69.6 Å². The van der Waals surface area contributed by atoms with Crippen molar-refractivity contribution < 1.29 is 13.3 Å². The lowest BCUT2D eigenvalue weighted by molar-refractivity contribution is 0.0846. The molecule has 8 heteroatoms. The Morgan fingerprint density at radius 1 is 1.38 bits per heavy atom. The van der Waals surface area contributed by atoms with E-state index in [-0.39, 0.29) is 5.92 Å². The second-order valence-electron chi connectivity index (χ2n) is 5.92. The van der Waals surface area contributed by atoms with E-state index in [1.807, 2.05) is 0 Å². The lowest BCUT2D eigenvalue weighted by Crippen LogP contribution is -2.07. The third-order valence-electron chi connectivity index (χ3n) is 4.68. The molecule has 2 saturated carbocycles. The summed E-state index contributed by atoms with van der Waals surface area (Å²) < 4.78 is 33.7. The largest absolute Gasteiger partial charge is 0.339 e. The number of halogens is 2. The van der Waals surface area contributed by atoms with E-state index in [1.54, 1.807) is 11.7 Å². The smallest absolute Gasteiger partial charge is 0.254 e. The Morgan fingerprint density at radius 3 is 2.95 bits per heavy atom. The van der Waals surface area contributed by atoms with Crippen LogP contribution in [-0.2, 0) is 13.5 Å². The highest BCUT2D eigenvalue weighted by Crippen LogP contribution is 2.64. The fraction of sp³-hybridized carbons (Fsp3) is 0.692. The summed E-state index contributed by atoms with van der Waals surface area (Å²) in [5.41, 5.74) is 0. The van der Waals surface area contributed by atoms with Crippen molar-refractivity contribution in [1.82, 2.24) is 24.9 Å². The SMILES string of the molecule is Cn1ncnc1Cc1noc([C@@H]2CC[C@H]3[C@@H](C2)C3(F)F)n1. The molecule has 0 aliphatic heterocycles. The van der Waals surface area contributed by atoms with Gasteiger partial charge in [0.25, 0.3) is 5.92 Å². The zero-order valence-electron chi connectivity index (χ0n) is 11.5. The van der Waals surface area contributed by atoms with Crippen LogP contribution in [0, 0.1) is 11.8 Å². The van der Waals surface area contributed by atoms with Crippen LogP contribution in [0.15, 0.2) is 10.9 Å². The number of aryl methyl sites for hydroxylation is 1. The number of hydrogen-bond acceptors (Lipinski definition) is 5. The van der Waals surface area contributed by atoms with Crippen LogP contribution in [0.25, 0.3) is 0 Å². The zero-order chi connectivity index (χ0) is 14.6. The van der Waals surface area contributed by atoms with E-state index in [2.05, 4.69) is 20.2 Å². The van der Waals surface area contributed by atoms with E-state index in [1.165, 1.54) is 6.33 Å². The first-order chi connectivity index (χ1) is 10.1. The van der Waals surface area contributed by atoms with Gasteiger partial charge in [0.2, 0.25) is 5.89 Å². The standard InChI is InChI=1S/C13H15F2N5O/c1-20-11(16-6-17-20)5-10-18-12(21-19-10)7-2-3-8-9(4-7)13(8,14)15/h6-9H,2-5H2,1H3/t7-,8+,9-/m1/s1. The van der Waals surface area contributed by atoms with Gasteiger partial charge in [0, 0.05) is 24.8 Å². The van der Waals surface area contributed by atoms with Crippen LogP contribution in [0.2, 0.25) is 0 Å². The molecule has 0 N–H and O–H groups in total. The molecule has 4 rings (SSSR count). The Balaban J connectivity index is 1.47. The lowest BCUT2D eigenvalue weighted by atomic mass is 9.89. The minimum Gasteiger partial charge on any atom is -0.339 e. The minimum absolute atomic E-state index is 0.0413. The molecule has 0 aromatic carbocycles. The minimum atomic E-state index is -2.48. The van der Waals surface area contributed by atoms with E-state index in [0.29, 0.717) is 37.4 Å². The summed E-state index contributed by atoms with van der Waals surface area (Å²) in [4.78, 5) is 8.45. The molecule has 2 aliphatic carbocycles. The third-order valence-corrected chi connectivity index (χ3v) is 4.68. The molecule has 0 radical (unpaired) electrons. The van der Waals surface area contributed by atoms with Crippen molar-refractivity contribution in [2.45, 2.75) is 37.5 Å². The van der Waals surface area contributed by atoms with Gasteiger partial charge in [-0.25, -0.2) is 13.8 Å². The van der Waals surface area contributed by atoms with Gasteiger partial charge in [0.15, 0.2) is 5.82 Å². The van der Waals surface area contributed by atoms with Crippen molar-refractivity contribution >= 4 is 0 Å². The monoisotopic (exact) mass is 295 g/mol. The number of rotatable bonds is 3. The van der Waals surface area contributed by atoms with Crippen molar-refractivity contribution in [3.8, 4) is 0 Å². The summed E-state index contributed by atoms with van der Waals surface area (Å²) in [6, 6.07) is 0. The molecule has 112 valence electrons. The number of hydrogen-bond donors (Lipinski definition) is 0. The maximum atomic E-state index is 13.4. The quantitative estimate of drug-likeness (QED) is 0.865. The van der Waals surface area contributed by atoms with Crippen LogP contribution < -0.4 is 0 Å². The Kier molecular flexibility index (Phi) is 2.64. The second kappa shape index (κ2) is 4.32. The summed E-state index contributed by atoms with van der Waals surface area (Å²) in [5, 5.41) is 7.90. The highest BCUT2D eigenvalue weighted by Gasteiger charge is 2.69. The van der Waals surface area contributed by atoms with Crippen LogP contribution in [-0.4, -0.2) is 30.8 Å². The Hall–Kier alpha value is -1.86. The average Bonchev–Trinajstić information content (AvgIpc) is 2.87. The van der Waals surface area contributed by atoms with E-state index in [9.17, 15) is 8.78 Å². The summed E-state index contributed by atoms with van der Waals surface area (Å²) in [5.74, 6) is -1.70. The van der Waals surface area contributed by atoms with Gasteiger partial charge in [-0.3, -0.25) is 4.68 Å². The molecule has 2 fully saturated rings. The second-order valence-corrected chi connectivity index (χ2v) is 5.92. The number of nitrogens with zero attached hydrogens (tertiary/aromatic N) is 5. The van der Waals surface area contributed by atoms with Crippen LogP contribution in [0.5, 0.6) is 0 Å². The molecule has 3 atom stereocenters. The summed E-state index contributed by atoms with van der Waals surface area (Å²) in [6.07, 6.45) is 3.58. The first-order valence-electron chi connectivity index (χ1n) is 7.09. The highest BCUT2D eigenvalue weighted by molar-refractivity contribution is 5.12. The normalized spacial score (nSPS) is 30.1. The first kappa shape index (κ1) is 12.8. The Morgan fingerprint density at radius 2 is 2.24 bits per heavy atom. The number of aromatic nitrogens is 5. The van der Waals surface area contributed by atoms with Crippen molar-refractivity contribution in [1.29, 1.82) is 0 Å². The van der Waals surface area contributed by atoms with Crippen molar-refractivity contribution in [3.63, 3.8) is 0 Å². The van der Waals surface area contributed by atoms with Crippen LogP contribution in [0.3, 0.4) is 0 Å². The predicted molar refractivity (Wildman–Crippen MR) is 66.6 cm³/mol. The maximum absolute atomic E-state index is 13.4. The van der Waals surface area contributed by atoms with Gasteiger partial charge in [-0.1, -0.05) is 5.16 Å². The van der Waals surface area contributed by atoms with Crippen molar-refractivity contribution in [2.75, 3.05) is 0 Å². The molecule has 0 bridgehead atoms. The van der Waals surface area contributed by atoms with E-state index in [0.717, 1.165) is 5.82 Å². The van der Waals surface area contributed by atoms with Gasteiger partial charge in [0.05, 0.1) is 6.42 Å². The Bertz CT molecular complexity index is 667. The van der Waals surface area contributed by atoms with E-state index < -0.39 is 17.8 Å². The number of fused-ring (bicyclic) bond motifs is 1. The van der Waals surface area contributed by atoms with Crippen LogP contribution in [0.4, 0.5) is 8.78 Å². The molecule has 2 aliphatic rings. The molecule has 2 aromatic heterocycles. The Labute approximate surface area is 119 Å². The fourth-order valence-corrected chi connectivity index (χ4v) is 3.33. The molecule has 2 heterocycles. The third kappa shape index (κ3) is 2.04. The molecular weight excluding hydrogens is 280 g/mol. The van der Waals surface area contributed by atoms with Gasteiger partial charge >= 0.3 is 0 Å². The zero-order valence-corrected chi connectivity index (χ0v) is 11.5. The average molecular weight is 295 g/mol. The predicted octanol–water partition coefficient (Wildman–Crippen LogP) is 1.94.